The van der Waals surface area contributed by atoms with E-state index in [-0.39, 0.29) is 0 Å². The summed E-state index contributed by atoms with van der Waals surface area (Å²) in [6.45, 7) is 4.13. The van der Waals surface area contributed by atoms with Crippen molar-refractivity contribution in [2.24, 2.45) is 0 Å². The van der Waals surface area contributed by atoms with Crippen molar-refractivity contribution in [2.45, 2.75) is 20.3 Å². The van der Waals surface area contributed by atoms with Crippen LogP contribution in [-0.2, 0) is 6.42 Å². The standard InChI is InChI=1S/C13H16O2/c1-10(2)4-5-11-6-7-12(9-14)13(8-11)15-3/h4,6-9H,5H2,1-3H3. The molecule has 0 aliphatic rings. The van der Waals surface area contributed by atoms with Crippen molar-refractivity contribution in [1.29, 1.82) is 0 Å². The van der Waals surface area contributed by atoms with E-state index >= 15 is 0 Å². The van der Waals surface area contributed by atoms with Gasteiger partial charge in [0.05, 0.1) is 12.7 Å². The van der Waals surface area contributed by atoms with Crippen molar-refractivity contribution < 1.29 is 9.53 Å². The Hall–Kier alpha value is -1.57. The van der Waals surface area contributed by atoms with Gasteiger partial charge < -0.3 is 4.74 Å². The number of aldehydes is 1. The SMILES string of the molecule is COc1cc(CC=C(C)C)ccc1C=O. The molecule has 1 aromatic rings. The molecule has 0 amide bonds. The summed E-state index contributed by atoms with van der Waals surface area (Å²) in [6.07, 6.45) is 3.83. The number of carbonyl (C=O) groups is 1. The molecule has 80 valence electrons. The first-order valence-electron chi connectivity index (χ1n) is 4.93. The molecule has 0 bridgehead atoms. The second-order valence-corrected chi connectivity index (χ2v) is 3.68. The first kappa shape index (κ1) is 11.5. The van der Waals surface area contributed by atoms with Gasteiger partial charge in [0, 0.05) is 0 Å². The van der Waals surface area contributed by atoms with Crippen LogP contribution >= 0.6 is 0 Å². The van der Waals surface area contributed by atoms with Crippen LogP contribution in [0.4, 0.5) is 0 Å². The average Bonchev–Trinajstić information content (AvgIpc) is 2.25. The van der Waals surface area contributed by atoms with E-state index in [4.69, 9.17) is 4.74 Å². The third-order valence-corrected chi connectivity index (χ3v) is 2.17. The third-order valence-electron chi connectivity index (χ3n) is 2.17. The van der Waals surface area contributed by atoms with Gasteiger partial charge in [-0.3, -0.25) is 4.79 Å². The summed E-state index contributed by atoms with van der Waals surface area (Å²) >= 11 is 0. The molecule has 0 heterocycles. The van der Waals surface area contributed by atoms with Gasteiger partial charge in [0.25, 0.3) is 0 Å². The van der Waals surface area contributed by atoms with Crippen LogP contribution in [0.5, 0.6) is 5.75 Å². The zero-order chi connectivity index (χ0) is 11.3. The molecule has 15 heavy (non-hydrogen) atoms. The Balaban J connectivity index is 2.93. The highest BCUT2D eigenvalue weighted by Crippen LogP contribution is 2.19. The van der Waals surface area contributed by atoms with E-state index in [0.29, 0.717) is 11.3 Å². The number of carbonyl (C=O) groups excluding carboxylic acids is 1. The van der Waals surface area contributed by atoms with Gasteiger partial charge in [-0.2, -0.15) is 0 Å². The molecule has 1 rings (SSSR count). The molecule has 2 heteroatoms. The van der Waals surface area contributed by atoms with Crippen LogP contribution in [0.15, 0.2) is 29.8 Å². The lowest BCUT2D eigenvalue weighted by Crippen LogP contribution is -1.92. The fourth-order valence-electron chi connectivity index (χ4n) is 1.30. The zero-order valence-electron chi connectivity index (χ0n) is 9.41. The molecular weight excluding hydrogens is 188 g/mol. The smallest absolute Gasteiger partial charge is 0.153 e. The molecule has 0 aliphatic heterocycles. The van der Waals surface area contributed by atoms with Gasteiger partial charge in [0.2, 0.25) is 0 Å². The highest BCUT2D eigenvalue weighted by atomic mass is 16.5. The maximum absolute atomic E-state index is 10.7. The van der Waals surface area contributed by atoms with Gasteiger partial charge in [-0.1, -0.05) is 17.7 Å². The van der Waals surface area contributed by atoms with Gasteiger partial charge in [0.15, 0.2) is 6.29 Å². The van der Waals surface area contributed by atoms with Crippen LogP contribution in [0.2, 0.25) is 0 Å². The van der Waals surface area contributed by atoms with Gasteiger partial charge >= 0.3 is 0 Å². The van der Waals surface area contributed by atoms with E-state index < -0.39 is 0 Å². The van der Waals surface area contributed by atoms with Crippen molar-refractivity contribution in [3.05, 3.63) is 41.0 Å². The Morgan fingerprint density at radius 2 is 2.13 bits per heavy atom. The quantitative estimate of drug-likeness (QED) is 0.556. The predicted molar refractivity (Wildman–Crippen MR) is 61.5 cm³/mol. The molecule has 0 N–H and O–H groups in total. The Bertz CT molecular complexity index is 374. The molecular formula is C13H16O2. The summed E-state index contributed by atoms with van der Waals surface area (Å²) in [6, 6.07) is 5.65. The summed E-state index contributed by atoms with van der Waals surface area (Å²) in [4.78, 5) is 10.7. The molecule has 0 radical (unpaired) electrons. The minimum absolute atomic E-state index is 0.596. The lowest BCUT2D eigenvalue weighted by molar-refractivity contribution is 0.112. The van der Waals surface area contributed by atoms with E-state index in [0.717, 1.165) is 18.3 Å². The molecule has 0 aromatic heterocycles. The summed E-state index contributed by atoms with van der Waals surface area (Å²) in [5.74, 6) is 0.643. The number of methoxy groups -OCH3 is 1. The third kappa shape index (κ3) is 3.24. The largest absolute Gasteiger partial charge is 0.496 e. The van der Waals surface area contributed by atoms with Crippen molar-refractivity contribution >= 4 is 6.29 Å². The number of ether oxygens (including phenoxy) is 1. The lowest BCUT2D eigenvalue weighted by atomic mass is 10.1. The van der Waals surface area contributed by atoms with Gasteiger partial charge in [-0.15, -0.1) is 0 Å². The zero-order valence-corrected chi connectivity index (χ0v) is 9.41. The predicted octanol–water partition coefficient (Wildman–Crippen LogP) is 3.02. The van der Waals surface area contributed by atoms with Crippen LogP contribution < -0.4 is 4.74 Å². The molecule has 0 saturated heterocycles. The molecule has 0 atom stereocenters. The highest BCUT2D eigenvalue weighted by molar-refractivity contribution is 5.79. The van der Waals surface area contributed by atoms with Crippen molar-refractivity contribution in [1.82, 2.24) is 0 Å². The fraction of sp³-hybridized carbons (Fsp3) is 0.308. The highest BCUT2D eigenvalue weighted by Gasteiger charge is 2.02. The maximum Gasteiger partial charge on any atom is 0.153 e. The van der Waals surface area contributed by atoms with E-state index in [1.807, 2.05) is 12.1 Å². The fourth-order valence-corrected chi connectivity index (χ4v) is 1.30. The van der Waals surface area contributed by atoms with Gasteiger partial charge in [-0.25, -0.2) is 0 Å². The van der Waals surface area contributed by atoms with Crippen molar-refractivity contribution in [2.75, 3.05) is 7.11 Å². The topological polar surface area (TPSA) is 26.3 Å². The van der Waals surface area contributed by atoms with Crippen LogP contribution in [0.25, 0.3) is 0 Å². The second-order valence-electron chi connectivity index (χ2n) is 3.68. The molecule has 0 fully saturated rings. The second kappa shape index (κ2) is 5.35. The van der Waals surface area contributed by atoms with Crippen molar-refractivity contribution in [3.8, 4) is 5.75 Å². The minimum Gasteiger partial charge on any atom is -0.496 e. The Labute approximate surface area is 90.6 Å². The first-order valence-corrected chi connectivity index (χ1v) is 4.93. The Morgan fingerprint density at radius 3 is 2.67 bits per heavy atom. The van der Waals surface area contributed by atoms with E-state index in [1.54, 1.807) is 13.2 Å². The van der Waals surface area contributed by atoms with Crippen LogP contribution in [0.3, 0.4) is 0 Å². The first-order chi connectivity index (χ1) is 7.17. The summed E-state index contributed by atoms with van der Waals surface area (Å²) < 4.78 is 5.13. The Kier molecular flexibility index (Phi) is 4.10. The summed E-state index contributed by atoms with van der Waals surface area (Å²) in [5, 5.41) is 0. The van der Waals surface area contributed by atoms with E-state index in [9.17, 15) is 4.79 Å². The Morgan fingerprint density at radius 1 is 1.40 bits per heavy atom. The number of allylic oxidation sites excluding steroid dienone is 2. The molecule has 0 saturated carbocycles. The van der Waals surface area contributed by atoms with E-state index in [1.165, 1.54) is 5.57 Å². The van der Waals surface area contributed by atoms with Crippen LogP contribution in [0.1, 0.15) is 29.8 Å². The van der Waals surface area contributed by atoms with Crippen LogP contribution in [0, 0.1) is 0 Å². The molecule has 0 aliphatic carbocycles. The number of rotatable bonds is 4. The number of hydrogen-bond acceptors (Lipinski definition) is 2. The normalized spacial score (nSPS) is 9.53. The summed E-state index contributed by atoms with van der Waals surface area (Å²) in [7, 11) is 1.58. The number of hydrogen-bond donors (Lipinski definition) is 0. The van der Waals surface area contributed by atoms with Gasteiger partial charge in [-0.05, 0) is 38.0 Å². The van der Waals surface area contributed by atoms with Gasteiger partial charge in [0.1, 0.15) is 5.75 Å². The maximum atomic E-state index is 10.7. The summed E-state index contributed by atoms with van der Waals surface area (Å²) in [5.41, 5.74) is 3.03. The van der Waals surface area contributed by atoms with E-state index in [2.05, 4.69) is 19.9 Å². The lowest BCUT2D eigenvalue weighted by Gasteiger charge is -2.05. The monoisotopic (exact) mass is 204 g/mol. The molecule has 2 nitrogen and oxygen atoms in total. The minimum atomic E-state index is 0.596. The molecule has 0 spiro atoms. The van der Waals surface area contributed by atoms with Crippen molar-refractivity contribution in [3.63, 3.8) is 0 Å². The average molecular weight is 204 g/mol. The van der Waals surface area contributed by atoms with Crippen LogP contribution in [-0.4, -0.2) is 13.4 Å². The molecule has 1 aromatic carbocycles. The number of benzene rings is 1. The molecule has 0 unspecified atom stereocenters.